The molecule has 0 bridgehead atoms. The van der Waals surface area contributed by atoms with Gasteiger partial charge in [-0.1, -0.05) is 49.4 Å². The van der Waals surface area contributed by atoms with Crippen LogP contribution in [0.2, 0.25) is 0 Å². The molecule has 0 aliphatic rings. The highest BCUT2D eigenvalue weighted by Crippen LogP contribution is 2.39. The van der Waals surface area contributed by atoms with E-state index in [-0.39, 0.29) is 5.56 Å². The van der Waals surface area contributed by atoms with E-state index >= 15 is 0 Å². The number of benzene rings is 2. The van der Waals surface area contributed by atoms with Gasteiger partial charge in [0.25, 0.3) is 0 Å². The van der Waals surface area contributed by atoms with Crippen molar-refractivity contribution in [2.24, 2.45) is 5.73 Å². The molecule has 1 unspecified atom stereocenters. The zero-order chi connectivity index (χ0) is 16.3. The van der Waals surface area contributed by atoms with Crippen LogP contribution in [0, 0.1) is 0 Å². The fourth-order valence-corrected chi connectivity index (χ4v) is 2.59. The number of halogens is 3. The number of carbonyl (C=O) groups excluding carboxylic acids is 1. The lowest BCUT2D eigenvalue weighted by Crippen LogP contribution is -2.21. The van der Waals surface area contributed by atoms with E-state index < -0.39 is 23.6 Å². The van der Waals surface area contributed by atoms with Crippen LogP contribution in [0.1, 0.15) is 30.4 Å². The minimum atomic E-state index is -4.46. The van der Waals surface area contributed by atoms with Gasteiger partial charge in [-0.15, -0.1) is 0 Å². The summed E-state index contributed by atoms with van der Waals surface area (Å²) in [4.78, 5) is 11.6. The Morgan fingerprint density at radius 3 is 2.14 bits per heavy atom. The Balaban J connectivity index is 2.68. The van der Waals surface area contributed by atoms with Crippen LogP contribution < -0.4 is 5.73 Å². The average molecular weight is 307 g/mol. The maximum Gasteiger partial charge on any atom is 0.417 e. The predicted octanol–water partition coefficient (Wildman–Crippen LogP) is 4.35. The number of alkyl halides is 3. The number of primary amides is 1. The molecule has 116 valence electrons. The Hall–Kier alpha value is -2.30. The lowest BCUT2D eigenvalue weighted by Gasteiger charge is -2.19. The number of hydrogen-bond donors (Lipinski definition) is 1. The molecule has 22 heavy (non-hydrogen) atoms. The minimum Gasteiger partial charge on any atom is -0.369 e. The summed E-state index contributed by atoms with van der Waals surface area (Å²) in [6.45, 7) is 1.78. The van der Waals surface area contributed by atoms with E-state index in [1.54, 1.807) is 37.3 Å². The smallest absolute Gasteiger partial charge is 0.369 e. The SMILES string of the molecule is CCC(C(N)=O)c1ccccc1-c1ccccc1C(F)(F)F. The second-order valence-corrected chi connectivity index (χ2v) is 4.99. The molecule has 5 heteroatoms. The van der Waals surface area contributed by atoms with Gasteiger partial charge in [0.1, 0.15) is 0 Å². The molecule has 1 amide bonds. The molecule has 0 heterocycles. The third kappa shape index (κ3) is 3.13. The monoisotopic (exact) mass is 307 g/mol. The Bertz CT molecular complexity index is 680. The van der Waals surface area contributed by atoms with Gasteiger partial charge in [-0.05, 0) is 29.2 Å². The Kier molecular flexibility index (Phi) is 4.54. The lowest BCUT2D eigenvalue weighted by atomic mass is 9.87. The topological polar surface area (TPSA) is 43.1 Å². The highest BCUT2D eigenvalue weighted by molar-refractivity contribution is 5.85. The maximum atomic E-state index is 13.2. The molecule has 0 fully saturated rings. The predicted molar refractivity (Wildman–Crippen MR) is 79.1 cm³/mol. The number of hydrogen-bond acceptors (Lipinski definition) is 1. The summed E-state index contributed by atoms with van der Waals surface area (Å²) in [5, 5.41) is 0. The van der Waals surface area contributed by atoms with Crippen molar-refractivity contribution < 1.29 is 18.0 Å². The molecule has 0 aliphatic heterocycles. The van der Waals surface area contributed by atoms with E-state index in [0.29, 0.717) is 17.5 Å². The number of carbonyl (C=O) groups is 1. The van der Waals surface area contributed by atoms with Crippen LogP contribution in [0.4, 0.5) is 13.2 Å². The Morgan fingerprint density at radius 1 is 1.05 bits per heavy atom. The van der Waals surface area contributed by atoms with Gasteiger partial charge in [-0.2, -0.15) is 13.2 Å². The molecule has 2 aromatic carbocycles. The van der Waals surface area contributed by atoms with E-state index in [1.807, 2.05) is 0 Å². The van der Waals surface area contributed by atoms with E-state index in [2.05, 4.69) is 0 Å². The molecular weight excluding hydrogens is 291 g/mol. The van der Waals surface area contributed by atoms with Crippen molar-refractivity contribution in [2.45, 2.75) is 25.4 Å². The van der Waals surface area contributed by atoms with Crippen molar-refractivity contribution in [1.82, 2.24) is 0 Å². The van der Waals surface area contributed by atoms with Crippen LogP contribution in [-0.2, 0) is 11.0 Å². The number of rotatable bonds is 4. The highest BCUT2D eigenvalue weighted by atomic mass is 19.4. The maximum absolute atomic E-state index is 13.2. The average Bonchev–Trinajstić information content (AvgIpc) is 2.47. The summed E-state index contributed by atoms with van der Waals surface area (Å²) in [6.07, 6.45) is -4.03. The van der Waals surface area contributed by atoms with Crippen LogP contribution in [0.25, 0.3) is 11.1 Å². The summed E-state index contributed by atoms with van der Waals surface area (Å²) < 4.78 is 39.6. The van der Waals surface area contributed by atoms with Crippen LogP contribution in [-0.4, -0.2) is 5.91 Å². The van der Waals surface area contributed by atoms with Crippen molar-refractivity contribution in [1.29, 1.82) is 0 Å². The van der Waals surface area contributed by atoms with Gasteiger partial charge in [0.15, 0.2) is 0 Å². The summed E-state index contributed by atoms with van der Waals surface area (Å²) >= 11 is 0. The standard InChI is InChI=1S/C17H16F3NO/c1-2-11(16(21)22)12-7-3-4-8-13(12)14-9-5-6-10-15(14)17(18,19)20/h3-11H,2H2,1H3,(H2,21,22). The van der Waals surface area contributed by atoms with Gasteiger partial charge >= 0.3 is 6.18 Å². The molecule has 1 atom stereocenters. The fraction of sp³-hybridized carbons (Fsp3) is 0.235. The molecule has 2 nitrogen and oxygen atoms in total. The summed E-state index contributed by atoms with van der Waals surface area (Å²) in [5.74, 6) is -1.16. The van der Waals surface area contributed by atoms with Gasteiger partial charge in [-0.25, -0.2) is 0 Å². The van der Waals surface area contributed by atoms with Crippen LogP contribution in [0.5, 0.6) is 0 Å². The van der Waals surface area contributed by atoms with Crippen LogP contribution in [0.3, 0.4) is 0 Å². The third-order valence-electron chi connectivity index (χ3n) is 3.61. The molecule has 0 radical (unpaired) electrons. The third-order valence-corrected chi connectivity index (χ3v) is 3.61. The molecule has 0 aliphatic carbocycles. The minimum absolute atomic E-state index is 0.0605. The number of nitrogens with two attached hydrogens (primary N) is 1. The summed E-state index contributed by atoms with van der Waals surface area (Å²) in [5.41, 5.74) is 5.64. The van der Waals surface area contributed by atoms with Crippen molar-refractivity contribution in [2.75, 3.05) is 0 Å². The van der Waals surface area contributed by atoms with Crippen molar-refractivity contribution in [3.05, 3.63) is 59.7 Å². The van der Waals surface area contributed by atoms with E-state index in [4.69, 9.17) is 5.73 Å². The van der Waals surface area contributed by atoms with Crippen LogP contribution >= 0.6 is 0 Å². The largest absolute Gasteiger partial charge is 0.417 e. The first-order valence-corrected chi connectivity index (χ1v) is 6.91. The molecule has 2 N–H and O–H groups in total. The first-order valence-electron chi connectivity index (χ1n) is 6.91. The van der Waals surface area contributed by atoms with Crippen molar-refractivity contribution >= 4 is 5.91 Å². The molecule has 0 saturated carbocycles. The van der Waals surface area contributed by atoms with Gasteiger partial charge < -0.3 is 5.73 Å². The van der Waals surface area contributed by atoms with Gasteiger partial charge in [0, 0.05) is 0 Å². The van der Waals surface area contributed by atoms with Crippen LogP contribution in [0.15, 0.2) is 48.5 Å². The molecule has 0 aromatic heterocycles. The van der Waals surface area contributed by atoms with Gasteiger partial charge in [0.05, 0.1) is 11.5 Å². The Morgan fingerprint density at radius 2 is 1.59 bits per heavy atom. The second kappa shape index (κ2) is 6.22. The molecule has 2 rings (SSSR count). The fourth-order valence-electron chi connectivity index (χ4n) is 2.59. The second-order valence-electron chi connectivity index (χ2n) is 4.99. The molecule has 0 saturated heterocycles. The zero-order valence-corrected chi connectivity index (χ0v) is 12.0. The van der Waals surface area contributed by atoms with Gasteiger partial charge in [0.2, 0.25) is 5.91 Å². The first kappa shape index (κ1) is 16.1. The summed E-state index contributed by atoms with van der Waals surface area (Å²) in [6, 6.07) is 11.9. The first-order chi connectivity index (χ1) is 10.4. The molecule has 0 spiro atoms. The van der Waals surface area contributed by atoms with E-state index in [1.165, 1.54) is 12.1 Å². The lowest BCUT2D eigenvalue weighted by molar-refractivity contribution is -0.137. The number of amides is 1. The summed E-state index contributed by atoms with van der Waals surface area (Å²) in [7, 11) is 0. The Labute approximate surface area is 126 Å². The normalized spacial score (nSPS) is 12.9. The molecule has 2 aromatic rings. The zero-order valence-electron chi connectivity index (χ0n) is 12.0. The van der Waals surface area contributed by atoms with E-state index in [9.17, 15) is 18.0 Å². The van der Waals surface area contributed by atoms with Crippen molar-refractivity contribution in [3.8, 4) is 11.1 Å². The molecular formula is C17H16F3NO. The van der Waals surface area contributed by atoms with E-state index in [0.717, 1.165) is 6.07 Å². The quantitative estimate of drug-likeness (QED) is 0.896. The van der Waals surface area contributed by atoms with Crippen molar-refractivity contribution in [3.63, 3.8) is 0 Å². The highest BCUT2D eigenvalue weighted by Gasteiger charge is 2.34. The van der Waals surface area contributed by atoms with Gasteiger partial charge in [-0.3, -0.25) is 4.79 Å².